The number of rotatable bonds is 10. The van der Waals surface area contributed by atoms with Gasteiger partial charge in [-0.05, 0) is 34.1 Å². The van der Waals surface area contributed by atoms with Crippen molar-refractivity contribution in [2.24, 2.45) is 17.8 Å². The molecule has 3 rings (SSSR count). The Morgan fingerprint density at radius 2 is 1.53 bits per heavy atom. The Morgan fingerprint density at radius 3 is 2.03 bits per heavy atom. The minimum Gasteiger partial charge on any atom is -0.481 e. The highest BCUT2D eigenvalue weighted by Gasteiger charge is 2.31. The van der Waals surface area contributed by atoms with E-state index in [-0.39, 0.29) is 30.9 Å². The molecule has 182 valence electrons. The van der Waals surface area contributed by atoms with Gasteiger partial charge in [0.15, 0.2) is 0 Å². The van der Waals surface area contributed by atoms with Gasteiger partial charge in [-0.3, -0.25) is 9.59 Å². The lowest BCUT2D eigenvalue weighted by atomic mass is 9.95. The second kappa shape index (κ2) is 11.2. The molecule has 0 radical (unpaired) electrons. The number of carbonyl (C=O) groups is 3. The molecule has 1 aliphatic carbocycles. The number of aliphatic carboxylic acids is 1. The summed E-state index contributed by atoms with van der Waals surface area (Å²) in [4.78, 5) is 37.0. The van der Waals surface area contributed by atoms with E-state index in [0.717, 1.165) is 22.3 Å². The van der Waals surface area contributed by atoms with E-state index >= 15 is 0 Å². The number of fused-ring (bicyclic) bond motifs is 3. The summed E-state index contributed by atoms with van der Waals surface area (Å²) in [6, 6.07) is 15.4. The summed E-state index contributed by atoms with van der Waals surface area (Å²) in [5.41, 5.74) is 4.51. The van der Waals surface area contributed by atoms with Gasteiger partial charge in [0.05, 0.1) is 5.92 Å². The van der Waals surface area contributed by atoms with Gasteiger partial charge in [0.25, 0.3) is 0 Å². The third-order valence-electron chi connectivity index (χ3n) is 6.73. The van der Waals surface area contributed by atoms with E-state index in [1.807, 2.05) is 50.2 Å². The fourth-order valence-corrected chi connectivity index (χ4v) is 4.40. The van der Waals surface area contributed by atoms with Crippen molar-refractivity contribution in [2.45, 2.75) is 46.1 Å². The lowest BCUT2D eigenvalue weighted by Gasteiger charge is -2.25. The number of carboxylic acids is 1. The largest absolute Gasteiger partial charge is 0.481 e. The molecule has 0 spiro atoms. The first-order valence-electron chi connectivity index (χ1n) is 11.9. The first-order valence-corrected chi connectivity index (χ1v) is 11.9. The molecule has 0 aromatic heterocycles. The maximum Gasteiger partial charge on any atom is 0.407 e. The lowest BCUT2D eigenvalue weighted by molar-refractivity contribution is -0.143. The topological polar surface area (TPSA) is 105 Å². The molecule has 1 aliphatic rings. The van der Waals surface area contributed by atoms with Crippen molar-refractivity contribution in [3.63, 3.8) is 0 Å². The Kier molecular flexibility index (Phi) is 8.31. The monoisotopic (exact) mass is 466 g/mol. The van der Waals surface area contributed by atoms with Crippen molar-refractivity contribution < 1.29 is 24.2 Å². The van der Waals surface area contributed by atoms with Crippen LogP contribution in [0.15, 0.2) is 48.5 Å². The molecule has 7 nitrogen and oxygen atoms in total. The quantitative estimate of drug-likeness (QED) is 0.481. The van der Waals surface area contributed by atoms with Gasteiger partial charge in [-0.1, -0.05) is 82.6 Å². The minimum atomic E-state index is -0.958. The summed E-state index contributed by atoms with van der Waals surface area (Å²) in [6.07, 6.45) is -0.00479. The molecule has 0 saturated carbocycles. The smallest absolute Gasteiger partial charge is 0.407 e. The maximum absolute atomic E-state index is 12.8. The molecule has 0 heterocycles. The summed E-state index contributed by atoms with van der Waals surface area (Å²) in [5, 5.41) is 14.8. The lowest BCUT2D eigenvalue weighted by Crippen LogP contribution is -2.51. The van der Waals surface area contributed by atoms with Crippen molar-refractivity contribution >= 4 is 18.0 Å². The number of hydrogen-bond donors (Lipinski definition) is 3. The zero-order chi connectivity index (χ0) is 24.8. The van der Waals surface area contributed by atoms with Crippen molar-refractivity contribution in [1.82, 2.24) is 10.6 Å². The number of ether oxygens (including phenoxy) is 1. The molecular formula is C27H34N2O5. The van der Waals surface area contributed by atoms with Crippen LogP contribution in [0.4, 0.5) is 4.79 Å². The standard InChI is InChI=1S/C27H34N2O5/c1-5-17(4)24(25(30)28-14-22(16(2)3)26(31)32)29-27(33)34-15-23-20-12-8-6-10-18(20)19-11-7-9-13-21(19)23/h6-13,16-17,22-24H,5,14-15H2,1-4H3,(H,28,30)(H,29,33)(H,31,32)/t17?,22?,24-/m0/s1. The number of nitrogens with one attached hydrogen (secondary N) is 2. The van der Waals surface area contributed by atoms with Crippen LogP contribution in [0.1, 0.15) is 51.2 Å². The molecule has 34 heavy (non-hydrogen) atoms. The second-order valence-electron chi connectivity index (χ2n) is 9.27. The molecule has 7 heteroatoms. The van der Waals surface area contributed by atoms with Crippen LogP contribution in [0.5, 0.6) is 0 Å². The van der Waals surface area contributed by atoms with E-state index in [4.69, 9.17) is 4.74 Å². The second-order valence-corrected chi connectivity index (χ2v) is 9.27. The van der Waals surface area contributed by atoms with E-state index < -0.39 is 29.9 Å². The molecule has 2 aromatic carbocycles. The van der Waals surface area contributed by atoms with E-state index in [1.54, 1.807) is 13.8 Å². The zero-order valence-corrected chi connectivity index (χ0v) is 20.2. The van der Waals surface area contributed by atoms with Crippen LogP contribution < -0.4 is 10.6 Å². The van der Waals surface area contributed by atoms with Crippen LogP contribution in [0, 0.1) is 17.8 Å². The van der Waals surface area contributed by atoms with E-state index in [0.29, 0.717) is 6.42 Å². The van der Waals surface area contributed by atoms with E-state index in [1.165, 1.54) is 0 Å². The van der Waals surface area contributed by atoms with Crippen molar-refractivity contribution in [3.8, 4) is 11.1 Å². The summed E-state index contributed by atoms with van der Waals surface area (Å²) >= 11 is 0. The third kappa shape index (κ3) is 5.58. The van der Waals surface area contributed by atoms with Crippen molar-refractivity contribution in [2.75, 3.05) is 13.2 Å². The summed E-state index contributed by atoms with van der Waals surface area (Å²) < 4.78 is 5.59. The van der Waals surface area contributed by atoms with Crippen LogP contribution in [0.25, 0.3) is 11.1 Å². The Hall–Kier alpha value is -3.35. The first-order chi connectivity index (χ1) is 16.2. The fraction of sp³-hybridized carbons (Fsp3) is 0.444. The van der Waals surface area contributed by atoms with Gasteiger partial charge in [-0.15, -0.1) is 0 Å². The first kappa shape index (κ1) is 25.3. The third-order valence-corrected chi connectivity index (χ3v) is 6.73. The summed E-state index contributed by atoms with van der Waals surface area (Å²) in [5.74, 6) is -2.42. The number of carbonyl (C=O) groups excluding carboxylic acids is 2. The van der Waals surface area contributed by atoms with Gasteiger partial charge in [-0.2, -0.15) is 0 Å². The highest BCUT2D eigenvalue weighted by atomic mass is 16.5. The highest BCUT2D eigenvalue weighted by molar-refractivity contribution is 5.86. The molecule has 0 saturated heterocycles. The summed E-state index contributed by atoms with van der Waals surface area (Å²) in [6.45, 7) is 7.55. The van der Waals surface area contributed by atoms with Crippen LogP contribution in [0.2, 0.25) is 0 Å². The predicted molar refractivity (Wildman–Crippen MR) is 130 cm³/mol. The van der Waals surface area contributed by atoms with Gasteiger partial charge in [0, 0.05) is 12.5 Å². The normalized spacial score (nSPS) is 15.1. The Balaban J connectivity index is 1.64. The molecule has 2 unspecified atom stereocenters. The highest BCUT2D eigenvalue weighted by Crippen LogP contribution is 2.44. The molecule has 0 aliphatic heterocycles. The van der Waals surface area contributed by atoms with Gasteiger partial charge in [0.2, 0.25) is 5.91 Å². The minimum absolute atomic E-state index is 0.00510. The molecule has 3 N–H and O–H groups in total. The van der Waals surface area contributed by atoms with Crippen molar-refractivity contribution in [1.29, 1.82) is 0 Å². The van der Waals surface area contributed by atoms with E-state index in [2.05, 4.69) is 22.8 Å². The SMILES string of the molecule is CCC(C)[C@H](NC(=O)OCC1c2ccccc2-c2ccccc21)C(=O)NCC(C(=O)O)C(C)C. The average Bonchev–Trinajstić information content (AvgIpc) is 3.14. The van der Waals surface area contributed by atoms with Crippen LogP contribution in [0.3, 0.4) is 0 Å². The Morgan fingerprint density at radius 1 is 0.971 bits per heavy atom. The van der Waals surface area contributed by atoms with Gasteiger partial charge in [0.1, 0.15) is 12.6 Å². The molecule has 0 bridgehead atoms. The number of carboxylic acid groups (broad SMARTS) is 1. The van der Waals surface area contributed by atoms with Crippen LogP contribution in [-0.2, 0) is 14.3 Å². The molecule has 3 atom stereocenters. The molecular weight excluding hydrogens is 432 g/mol. The number of alkyl carbamates (subject to hydrolysis) is 1. The van der Waals surface area contributed by atoms with E-state index in [9.17, 15) is 19.5 Å². The van der Waals surface area contributed by atoms with Gasteiger partial charge < -0.3 is 20.5 Å². The van der Waals surface area contributed by atoms with Gasteiger partial charge in [-0.25, -0.2) is 4.79 Å². The number of benzene rings is 2. The molecule has 2 amide bonds. The zero-order valence-electron chi connectivity index (χ0n) is 20.2. The molecule has 2 aromatic rings. The number of hydrogen-bond acceptors (Lipinski definition) is 4. The number of amides is 2. The van der Waals surface area contributed by atoms with Crippen LogP contribution in [-0.4, -0.2) is 42.3 Å². The Bertz CT molecular complexity index is 990. The fourth-order valence-electron chi connectivity index (χ4n) is 4.40. The van der Waals surface area contributed by atoms with Crippen molar-refractivity contribution in [3.05, 3.63) is 59.7 Å². The summed E-state index contributed by atoms with van der Waals surface area (Å²) in [7, 11) is 0. The van der Waals surface area contributed by atoms with Gasteiger partial charge >= 0.3 is 12.1 Å². The maximum atomic E-state index is 12.8. The average molecular weight is 467 g/mol. The predicted octanol–water partition coefficient (Wildman–Crippen LogP) is 4.41. The molecule has 0 fully saturated rings. The van der Waals surface area contributed by atoms with Crippen LogP contribution >= 0.6 is 0 Å². The Labute approximate surface area is 200 Å².